The number of furan rings is 1. The van der Waals surface area contributed by atoms with E-state index in [4.69, 9.17) is 9.15 Å². The van der Waals surface area contributed by atoms with Gasteiger partial charge < -0.3 is 14.3 Å². The van der Waals surface area contributed by atoms with E-state index in [-0.39, 0.29) is 24.8 Å². The summed E-state index contributed by atoms with van der Waals surface area (Å²) in [5.74, 6) is 0.252. The summed E-state index contributed by atoms with van der Waals surface area (Å²) in [6, 6.07) is 12.9. The molecule has 0 atom stereocenters. The molecular formula is C24H28ClNO4. The smallest absolute Gasteiger partial charge is 0.342 e. The first-order valence-corrected chi connectivity index (χ1v) is 10.4. The van der Waals surface area contributed by atoms with Gasteiger partial charge in [0.2, 0.25) is 0 Å². The fraction of sp³-hybridized carbons (Fsp3) is 0.375. The predicted octanol–water partition coefficient (Wildman–Crippen LogP) is 5.78. The van der Waals surface area contributed by atoms with Crippen LogP contribution in [0.3, 0.4) is 0 Å². The second-order valence-corrected chi connectivity index (χ2v) is 7.52. The van der Waals surface area contributed by atoms with Gasteiger partial charge >= 0.3 is 5.97 Å². The number of carbonyl (C=O) groups excluding carboxylic acids is 1. The second kappa shape index (κ2) is 10.0. The number of hydrogen-bond donors (Lipinski definition) is 1. The number of phenolic OH excluding ortho intramolecular Hbond substituents is 1. The number of nitrogens with zero attached hydrogens (tertiary/aromatic N) is 1. The molecule has 0 amide bonds. The molecule has 30 heavy (non-hydrogen) atoms. The molecule has 0 radical (unpaired) electrons. The van der Waals surface area contributed by atoms with Crippen LogP contribution >= 0.6 is 12.4 Å². The van der Waals surface area contributed by atoms with E-state index in [2.05, 4.69) is 4.90 Å². The summed E-state index contributed by atoms with van der Waals surface area (Å²) in [7, 11) is 0. The Morgan fingerprint density at radius 2 is 1.77 bits per heavy atom. The van der Waals surface area contributed by atoms with Gasteiger partial charge in [0, 0.05) is 23.1 Å². The van der Waals surface area contributed by atoms with Crippen molar-refractivity contribution in [1.29, 1.82) is 0 Å². The Morgan fingerprint density at radius 1 is 1.07 bits per heavy atom. The largest absolute Gasteiger partial charge is 0.508 e. The Balaban J connectivity index is 0.00000256. The molecular weight excluding hydrogens is 402 g/mol. The summed E-state index contributed by atoms with van der Waals surface area (Å²) < 4.78 is 11.5. The third kappa shape index (κ3) is 4.47. The zero-order valence-electron chi connectivity index (χ0n) is 17.2. The van der Waals surface area contributed by atoms with Crippen molar-refractivity contribution in [2.45, 2.75) is 39.2 Å². The van der Waals surface area contributed by atoms with Gasteiger partial charge in [-0.3, -0.25) is 4.90 Å². The van der Waals surface area contributed by atoms with Crippen molar-refractivity contribution in [3.8, 4) is 17.1 Å². The average molecular weight is 430 g/mol. The van der Waals surface area contributed by atoms with E-state index in [9.17, 15) is 9.90 Å². The van der Waals surface area contributed by atoms with Crippen LogP contribution in [0.2, 0.25) is 0 Å². The molecule has 2 aromatic carbocycles. The molecule has 6 heteroatoms. The van der Waals surface area contributed by atoms with Crippen LogP contribution in [0.15, 0.2) is 46.9 Å². The highest BCUT2D eigenvalue weighted by molar-refractivity contribution is 6.10. The molecule has 0 unspecified atom stereocenters. The van der Waals surface area contributed by atoms with Gasteiger partial charge in [-0.1, -0.05) is 43.2 Å². The number of fused-ring (bicyclic) bond motifs is 1. The lowest BCUT2D eigenvalue weighted by molar-refractivity contribution is 0.0528. The van der Waals surface area contributed by atoms with Gasteiger partial charge in [0.15, 0.2) is 0 Å². The summed E-state index contributed by atoms with van der Waals surface area (Å²) in [4.78, 5) is 15.3. The normalized spacial score (nSPS) is 14.8. The molecule has 1 fully saturated rings. The lowest BCUT2D eigenvalue weighted by atomic mass is 10.0. The quantitative estimate of drug-likeness (QED) is 0.521. The highest BCUT2D eigenvalue weighted by Crippen LogP contribution is 2.39. The first-order valence-electron chi connectivity index (χ1n) is 10.4. The highest BCUT2D eigenvalue weighted by Gasteiger charge is 2.27. The zero-order valence-corrected chi connectivity index (χ0v) is 18.0. The molecule has 5 nitrogen and oxygen atoms in total. The lowest BCUT2D eigenvalue weighted by Gasteiger charge is -2.21. The van der Waals surface area contributed by atoms with Crippen LogP contribution in [0.5, 0.6) is 5.75 Å². The molecule has 0 saturated carbocycles. The number of benzene rings is 2. The van der Waals surface area contributed by atoms with Crippen LogP contribution in [-0.2, 0) is 11.3 Å². The van der Waals surface area contributed by atoms with Gasteiger partial charge in [-0.15, -0.1) is 12.4 Å². The van der Waals surface area contributed by atoms with Crippen LogP contribution in [0.4, 0.5) is 0 Å². The topological polar surface area (TPSA) is 62.9 Å². The molecule has 2 heterocycles. The molecule has 160 valence electrons. The maximum atomic E-state index is 12.9. The Hall–Kier alpha value is -2.50. The number of halogens is 1. The number of esters is 1. The van der Waals surface area contributed by atoms with E-state index < -0.39 is 5.97 Å². The number of rotatable bonds is 5. The Kier molecular flexibility index (Phi) is 7.40. The van der Waals surface area contributed by atoms with E-state index in [1.807, 2.05) is 30.3 Å². The van der Waals surface area contributed by atoms with Crippen molar-refractivity contribution in [2.24, 2.45) is 0 Å². The van der Waals surface area contributed by atoms with Crippen molar-refractivity contribution in [3.63, 3.8) is 0 Å². The van der Waals surface area contributed by atoms with Gasteiger partial charge in [-0.2, -0.15) is 0 Å². The second-order valence-electron chi connectivity index (χ2n) is 7.52. The first-order chi connectivity index (χ1) is 14.2. The highest BCUT2D eigenvalue weighted by atomic mass is 35.5. The fourth-order valence-corrected chi connectivity index (χ4v) is 4.12. The van der Waals surface area contributed by atoms with Crippen LogP contribution in [0.25, 0.3) is 22.3 Å². The minimum atomic E-state index is -0.423. The minimum Gasteiger partial charge on any atom is -0.508 e. The van der Waals surface area contributed by atoms with Crippen molar-refractivity contribution < 1.29 is 19.1 Å². The number of aromatic hydroxyl groups is 1. The van der Waals surface area contributed by atoms with Crippen LogP contribution in [0.1, 0.15) is 48.5 Å². The Bertz CT molecular complexity index is 991. The van der Waals surface area contributed by atoms with Gasteiger partial charge in [0.25, 0.3) is 0 Å². The summed E-state index contributed by atoms with van der Waals surface area (Å²) in [6.07, 6.45) is 4.79. The van der Waals surface area contributed by atoms with E-state index in [0.29, 0.717) is 28.8 Å². The van der Waals surface area contributed by atoms with Gasteiger partial charge in [0.1, 0.15) is 22.7 Å². The fourth-order valence-electron chi connectivity index (χ4n) is 4.12. The van der Waals surface area contributed by atoms with E-state index in [0.717, 1.165) is 37.1 Å². The maximum absolute atomic E-state index is 12.9. The summed E-state index contributed by atoms with van der Waals surface area (Å²) in [5, 5.41) is 11.4. The summed E-state index contributed by atoms with van der Waals surface area (Å²) in [5.41, 5.74) is 2.54. The van der Waals surface area contributed by atoms with Crippen molar-refractivity contribution >= 4 is 29.3 Å². The number of ether oxygens (including phenoxy) is 1. The first kappa shape index (κ1) is 22.2. The van der Waals surface area contributed by atoms with Crippen LogP contribution in [-0.4, -0.2) is 35.7 Å². The van der Waals surface area contributed by atoms with E-state index in [1.54, 1.807) is 19.1 Å². The molecule has 0 bridgehead atoms. The van der Waals surface area contributed by atoms with Gasteiger partial charge in [-0.05, 0) is 45.0 Å². The third-order valence-electron chi connectivity index (χ3n) is 5.53. The predicted molar refractivity (Wildman–Crippen MR) is 120 cm³/mol. The monoisotopic (exact) mass is 429 g/mol. The molecule has 1 N–H and O–H groups in total. The minimum absolute atomic E-state index is 0. The molecule has 1 saturated heterocycles. The van der Waals surface area contributed by atoms with Gasteiger partial charge in [0.05, 0.1) is 6.61 Å². The number of phenols is 1. The number of hydrogen-bond acceptors (Lipinski definition) is 5. The van der Waals surface area contributed by atoms with Crippen LogP contribution in [0, 0.1) is 0 Å². The van der Waals surface area contributed by atoms with Crippen molar-refractivity contribution in [3.05, 3.63) is 53.6 Å². The van der Waals surface area contributed by atoms with Crippen molar-refractivity contribution in [1.82, 2.24) is 4.90 Å². The maximum Gasteiger partial charge on any atom is 0.342 e. The molecule has 1 aliphatic heterocycles. The Labute approximate surface area is 183 Å². The van der Waals surface area contributed by atoms with Crippen molar-refractivity contribution in [2.75, 3.05) is 19.7 Å². The molecule has 0 spiro atoms. The standard InChI is InChI=1S/C24H27NO4.ClH/c1-2-28-24(27)22-21-18(16-25-14-8-3-4-9-15-25)19(26)12-13-20(21)29-23(22)17-10-6-5-7-11-17;/h5-7,10-13,26H,2-4,8-9,14-16H2,1H3;1H. The number of likely N-dealkylation sites (tertiary alicyclic amines) is 1. The molecule has 4 rings (SSSR count). The molecule has 0 aliphatic carbocycles. The van der Waals surface area contributed by atoms with E-state index >= 15 is 0 Å². The zero-order chi connectivity index (χ0) is 20.2. The lowest BCUT2D eigenvalue weighted by Crippen LogP contribution is -2.24. The van der Waals surface area contributed by atoms with Crippen LogP contribution < -0.4 is 0 Å². The Morgan fingerprint density at radius 3 is 2.43 bits per heavy atom. The SMILES string of the molecule is CCOC(=O)c1c(-c2ccccc2)oc2ccc(O)c(CN3CCCCCC3)c12.Cl. The molecule has 3 aromatic rings. The average Bonchev–Trinajstić information content (AvgIpc) is 2.93. The molecule has 1 aliphatic rings. The summed E-state index contributed by atoms with van der Waals surface area (Å²) >= 11 is 0. The third-order valence-corrected chi connectivity index (χ3v) is 5.53. The number of carbonyl (C=O) groups is 1. The molecule has 1 aromatic heterocycles. The van der Waals surface area contributed by atoms with Gasteiger partial charge in [-0.25, -0.2) is 4.79 Å². The summed E-state index contributed by atoms with van der Waals surface area (Å²) in [6.45, 7) is 4.64. The van der Waals surface area contributed by atoms with E-state index in [1.165, 1.54) is 12.8 Å².